The molecule has 0 spiro atoms. The largest absolute Gasteiger partial charge is 0.347 e. The molecule has 2 fully saturated rings. The van der Waals surface area contributed by atoms with E-state index in [1.807, 2.05) is 13.8 Å². The Balaban J connectivity index is 1.68. The molecule has 0 aromatic heterocycles. The number of nitrogens with zero attached hydrogens (tertiary/aromatic N) is 2. The first-order chi connectivity index (χ1) is 12.0. The summed E-state index contributed by atoms with van der Waals surface area (Å²) in [7, 11) is 0. The molecule has 7 nitrogen and oxygen atoms in total. The molecule has 2 rings (SSSR count). The van der Waals surface area contributed by atoms with Crippen molar-refractivity contribution in [2.45, 2.75) is 58.4 Å². The lowest BCUT2D eigenvalue weighted by Gasteiger charge is -2.36. The fourth-order valence-corrected chi connectivity index (χ4v) is 3.31. The molecule has 25 heavy (non-hydrogen) atoms. The molecule has 142 valence electrons. The Kier molecular flexibility index (Phi) is 7.52. The standard InChI is InChI=1S/C18H32N4O3/c1-3-14(2)17(24)19-13-16(23)21-9-11-22(12-10-21)18(25)20-15-7-5-4-6-8-15/h14-15H,3-13H2,1-2H3,(H,19,24)(H,20,25)/t14-/m0/s1. The number of carbonyl (C=O) groups excluding carboxylic acids is 3. The van der Waals surface area contributed by atoms with Crippen molar-refractivity contribution >= 4 is 17.8 Å². The Morgan fingerprint density at radius 2 is 1.60 bits per heavy atom. The highest BCUT2D eigenvalue weighted by molar-refractivity contribution is 5.85. The Labute approximate surface area is 150 Å². The van der Waals surface area contributed by atoms with Crippen LogP contribution in [0.3, 0.4) is 0 Å². The van der Waals surface area contributed by atoms with Gasteiger partial charge in [-0.05, 0) is 19.3 Å². The Hall–Kier alpha value is -1.79. The van der Waals surface area contributed by atoms with E-state index >= 15 is 0 Å². The van der Waals surface area contributed by atoms with Crippen LogP contribution in [0.5, 0.6) is 0 Å². The molecule has 1 heterocycles. The summed E-state index contributed by atoms with van der Waals surface area (Å²) in [6.45, 7) is 5.98. The second kappa shape index (κ2) is 9.63. The van der Waals surface area contributed by atoms with Crippen LogP contribution in [0, 0.1) is 5.92 Å². The number of hydrogen-bond donors (Lipinski definition) is 2. The molecule has 1 saturated carbocycles. The van der Waals surface area contributed by atoms with Crippen LogP contribution >= 0.6 is 0 Å². The molecule has 0 aromatic rings. The van der Waals surface area contributed by atoms with Gasteiger partial charge < -0.3 is 20.4 Å². The SMILES string of the molecule is CC[C@H](C)C(=O)NCC(=O)N1CCN(C(=O)NC2CCCCC2)CC1. The fraction of sp³-hybridized carbons (Fsp3) is 0.833. The third-order valence-electron chi connectivity index (χ3n) is 5.33. The maximum Gasteiger partial charge on any atom is 0.317 e. The second-order valence-electron chi connectivity index (χ2n) is 7.18. The highest BCUT2D eigenvalue weighted by Crippen LogP contribution is 2.17. The summed E-state index contributed by atoms with van der Waals surface area (Å²) >= 11 is 0. The van der Waals surface area contributed by atoms with Crippen LogP contribution in [0.1, 0.15) is 52.4 Å². The van der Waals surface area contributed by atoms with Crippen molar-refractivity contribution in [3.63, 3.8) is 0 Å². The van der Waals surface area contributed by atoms with Gasteiger partial charge in [-0.2, -0.15) is 0 Å². The molecule has 0 aromatic carbocycles. The van der Waals surface area contributed by atoms with E-state index < -0.39 is 0 Å². The van der Waals surface area contributed by atoms with Crippen LogP contribution in [0.25, 0.3) is 0 Å². The Morgan fingerprint density at radius 3 is 2.20 bits per heavy atom. The predicted molar refractivity (Wildman–Crippen MR) is 96.0 cm³/mol. The summed E-state index contributed by atoms with van der Waals surface area (Å²) in [6, 6.07) is 0.292. The third kappa shape index (κ3) is 5.90. The number of hydrogen-bond acceptors (Lipinski definition) is 3. The number of carbonyl (C=O) groups is 3. The summed E-state index contributed by atoms with van der Waals surface area (Å²) in [4.78, 5) is 39.8. The van der Waals surface area contributed by atoms with E-state index in [0.29, 0.717) is 32.2 Å². The molecule has 2 aliphatic rings. The van der Waals surface area contributed by atoms with Gasteiger partial charge in [0.1, 0.15) is 0 Å². The van der Waals surface area contributed by atoms with E-state index in [1.165, 1.54) is 19.3 Å². The zero-order valence-corrected chi connectivity index (χ0v) is 15.6. The summed E-state index contributed by atoms with van der Waals surface area (Å²) in [6.07, 6.45) is 6.54. The molecule has 0 bridgehead atoms. The smallest absolute Gasteiger partial charge is 0.317 e. The quantitative estimate of drug-likeness (QED) is 0.783. The lowest BCUT2D eigenvalue weighted by molar-refractivity contribution is -0.134. The van der Waals surface area contributed by atoms with Gasteiger partial charge in [0, 0.05) is 38.1 Å². The fourth-order valence-electron chi connectivity index (χ4n) is 3.31. The van der Waals surface area contributed by atoms with Crippen molar-refractivity contribution in [1.82, 2.24) is 20.4 Å². The molecule has 1 aliphatic heterocycles. The van der Waals surface area contributed by atoms with E-state index in [2.05, 4.69) is 10.6 Å². The predicted octanol–water partition coefficient (Wildman–Crippen LogP) is 1.34. The summed E-state index contributed by atoms with van der Waals surface area (Å²) in [5.74, 6) is -0.238. The lowest BCUT2D eigenvalue weighted by Crippen LogP contribution is -2.56. The molecule has 0 radical (unpaired) electrons. The van der Waals surface area contributed by atoms with Crippen LogP contribution in [0.4, 0.5) is 4.79 Å². The minimum Gasteiger partial charge on any atom is -0.347 e. The first-order valence-electron chi connectivity index (χ1n) is 9.62. The van der Waals surface area contributed by atoms with Gasteiger partial charge in [0.15, 0.2) is 0 Å². The minimum atomic E-state index is -0.0821. The van der Waals surface area contributed by atoms with Gasteiger partial charge in [0.05, 0.1) is 6.54 Å². The van der Waals surface area contributed by atoms with Gasteiger partial charge in [0.2, 0.25) is 11.8 Å². The van der Waals surface area contributed by atoms with Crippen molar-refractivity contribution in [2.75, 3.05) is 32.7 Å². The first-order valence-corrected chi connectivity index (χ1v) is 9.62. The Bertz CT molecular complexity index is 469. The third-order valence-corrected chi connectivity index (χ3v) is 5.33. The number of rotatable bonds is 5. The molecule has 2 N–H and O–H groups in total. The van der Waals surface area contributed by atoms with Gasteiger partial charge in [-0.1, -0.05) is 33.1 Å². The molecule has 1 saturated heterocycles. The maximum atomic E-state index is 12.3. The van der Waals surface area contributed by atoms with Gasteiger partial charge in [-0.3, -0.25) is 9.59 Å². The van der Waals surface area contributed by atoms with Crippen molar-refractivity contribution in [3.05, 3.63) is 0 Å². The number of piperazine rings is 1. The van der Waals surface area contributed by atoms with Crippen molar-refractivity contribution in [3.8, 4) is 0 Å². The molecule has 7 heteroatoms. The average molecular weight is 352 g/mol. The zero-order valence-electron chi connectivity index (χ0n) is 15.6. The van der Waals surface area contributed by atoms with Crippen LogP contribution in [-0.4, -0.2) is 66.4 Å². The van der Waals surface area contributed by atoms with Gasteiger partial charge in [-0.25, -0.2) is 4.79 Å². The first kappa shape index (κ1) is 19.5. The minimum absolute atomic E-state index is 0.0101. The van der Waals surface area contributed by atoms with E-state index in [-0.39, 0.29) is 30.3 Å². The van der Waals surface area contributed by atoms with Gasteiger partial charge in [-0.15, -0.1) is 0 Å². The number of urea groups is 1. The molecular formula is C18H32N4O3. The monoisotopic (exact) mass is 352 g/mol. The van der Waals surface area contributed by atoms with Gasteiger partial charge in [0.25, 0.3) is 0 Å². The average Bonchev–Trinajstić information content (AvgIpc) is 2.66. The van der Waals surface area contributed by atoms with Crippen LogP contribution in [0.15, 0.2) is 0 Å². The summed E-state index contributed by atoms with van der Waals surface area (Å²) in [5.41, 5.74) is 0. The molecular weight excluding hydrogens is 320 g/mol. The van der Waals surface area contributed by atoms with Crippen LogP contribution in [-0.2, 0) is 9.59 Å². The van der Waals surface area contributed by atoms with E-state index in [0.717, 1.165) is 19.3 Å². The van der Waals surface area contributed by atoms with Crippen molar-refractivity contribution < 1.29 is 14.4 Å². The molecule has 1 aliphatic carbocycles. The summed E-state index contributed by atoms with van der Waals surface area (Å²) in [5, 5.41) is 5.81. The van der Waals surface area contributed by atoms with E-state index in [4.69, 9.17) is 0 Å². The molecule has 4 amide bonds. The summed E-state index contributed by atoms with van der Waals surface area (Å²) < 4.78 is 0. The number of amides is 4. The Morgan fingerprint density at radius 1 is 1.00 bits per heavy atom. The van der Waals surface area contributed by atoms with E-state index in [1.54, 1.807) is 9.80 Å². The van der Waals surface area contributed by atoms with Crippen molar-refractivity contribution in [1.29, 1.82) is 0 Å². The molecule has 0 unspecified atom stereocenters. The number of nitrogens with one attached hydrogen (secondary N) is 2. The second-order valence-corrected chi connectivity index (χ2v) is 7.18. The normalized spacial score (nSPS) is 20.1. The zero-order chi connectivity index (χ0) is 18.2. The maximum absolute atomic E-state index is 12.3. The topological polar surface area (TPSA) is 81.8 Å². The highest BCUT2D eigenvalue weighted by atomic mass is 16.2. The van der Waals surface area contributed by atoms with Crippen LogP contribution in [0.2, 0.25) is 0 Å². The van der Waals surface area contributed by atoms with Gasteiger partial charge >= 0.3 is 6.03 Å². The highest BCUT2D eigenvalue weighted by Gasteiger charge is 2.26. The van der Waals surface area contributed by atoms with Crippen LogP contribution < -0.4 is 10.6 Å². The molecule has 1 atom stereocenters. The lowest BCUT2D eigenvalue weighted by atomic mass is 9.96. The van der Waals surface area contributed by atoms with Crippen molar-refractivity contribution in [2.24, 2.45) is 5.92 Å². The van der Waals surface area contributed by atoms with E-state index in [9.17, 15) is 14.4 Å².